The van der Waals surface area contributed by atoms with Crippen LogP contribution in [0.3, 0.4) is 0 Å². The van der Waals surface area contributed by atoms with Crippen molar-refractivity contribution in [3.8, 4) is 0 Å². The molecule has 0 heterocycles. The normalized spacial score (nSPS) is 26.4. The van der Waals surface area contributed by atoms with Crippen molar-refractivity contribution in [3.63, 3.8) is 0 Å². The summed E-state index contributed by atoms with van der Waals surface area (Å²) in [5.74, 6) is 3.56. The van der Waals surface area contributed by atoms with E-state index in [1.54, 1.807) is 0 Å². The van der Waals surface area contributed by atoms with Crippen molar-refractivity contribution in [3.05, 3.63) is 0 Å². The van der Waals surface area contributed by atoms with E-state index in [-0.39, 0.29) is 0 Å². The molecule has 0 nitrogen and oxygen atoms in total. The minimum absolute atomic E-state index is 0.629. The van der Waals surface area contributed by atoms with Gasteiger partial charge >= 0.3 is 0 Å². The second-order valence-electron chi connectivity index (χ2n) is 6.98. The predicted octanol–water partition coefficient (Wildman–Crippen LogP) is 5.52. The molecule has 0 bridgehead atoms. The van der Waals surface area contributed by atoms with Crippen LogP contribution in [0.4, 0.5) is 0 Å². The second-order valence-corrected chi connectivity index (χ2v) is 6.98. The Balaban J connectivity index is 2.75. The van der Waals surface area contributed by atoms with Gasteiger partial charge in [0.2, 0.25) is 0 Å². The topological polar surface area (TPSA) is 0 Å². The highest BCUT2D eigenvalue weighted by Gasteiger charge is 2.38. The first-order valence-corrected chi connectivity index (χ1v) is 7.40. The summed E-state index contributed by atoms with van der Waals surface area (Å²) in [4.78, 5) is 0. The molecule has 16 heavy (non-hydrogen) atoms. The summed E-state index contributed by atoms with van der Waals surface area (Å²) >= 11 is 0. The quantitative estimate of drug-likeness (QED) is 0.554. The van der Waals surface area contributed by atoms with Crippen LogP contribution in [0.25, 0.3) is 0 Å². The molecule has 1 aliphatic carbocycles. The number of rotatable bonds is 3. The maximum atomic E-state index is 2.44. The number of hydrogen-bond acceptors (Lipinski definition) is 0. The second kappa shape index (κ2) is 5.56. The van der Waals surface area contributed by atoms with E-state index in [0.717, 1.165) is 23.7 Å². The third-order valence-corrected chi connectivity index (χ3v) is 5.44. The summed E-state index contributed by atoms with van der Waals surface area (Å²) in [7, 11) is 0. The third kappa shape index (κ3) is 2.81. The van der Waals surface area contributed by atoms with Crippen LogP contribution in [0.15, 0.2) is 0 Å². The van der Waals surface area contributed by atoms with E-state index >= 15 is 0 Å². The smallest absolute Gasteiger partial charge is 0.0251 e. The highest BCUT2D eigenvalue weighted by Crippen LogP contribution is 2.48. The van der Waals surface area contributed by atoms with Crippen molar-refractivity contribution in [2.75, 3.05) is 0 Å². The molecule has 0 spiro atoms. The number of hydrogen-bond donors (Lipinski definition) is 0. The van der Waals surface area contributed by atoms with Gasteiger partial charge in [-0.3, -0.25) is 0 Å². The van der Waals surface area contributed by atoms with Gasteiger partial charge in [0, 0.05) is 0 Å². The summed E-state index contributed by atoms with van der Waals surface area (Å²) in [5.41, 5.74) is 0.629. The molecule has 0 aromatic heterocycles. The van der Waals surface area contributed by atoms with Gasteiger partial charge in [-0.1, -0.05) is 54.4 Å². The Labute approximate surface area is 103 Å². The minimum Gasteiger partial charge on any atom is -0.0625 e. The van der Waals surface area contributed by atoms with Crippen molar-refractivity contribution >= 4 is 0 Å². The summed E-state index contributed by atoms with van der Waals surface area (Å²) in [6, 6.07) is 0. The molecule has 96 valence electrons. The molecule has 0 aromatic carbocycles. The van der Waals surface area contributed by atoms with Gasteiger partial charge in [0.1, 0.15) is 0 Å². The summed E-state index contributed by atoms with van der Waals surface area (Å²) < 4.78 is 0. The van der Waals surface area contributed by atoms with Crippen molar-refractivity contribution < 1.29 is 0 Å². The van der Waals surface area contributed by atoms with E-state index in [0.29, 0.717) is 5.41 Å². The van der Waals surface area contributed by atoms with Crippen LogP contribution in [0, 0.1) is 29.1 Å². The molecule has 1 fully saturated rings. The van der Waals surface area contributed by atoms with Crippen molar-refractivity contribution in [2.24, 2.45) is 29.1 Å². The molecule has 0 N–H and O–H groups in total. The fraction of sp³-hybridized carbons (Fsp3) is 1.00. The SMILES string of the molecule is CC(C)C1CCCC(C(C)C)(C(C)C)CC1. The lowest BCUT2D eigenvalue weighted by molar-refractivity contribution is 0.0858. The lowest BCUT2D eigenvalue weighted by Gasteiger charge is -2.41. The monoisotopic (exact) mass is 224 g/mol. The first-order valence-electron chi connectivity index (χ1n) is 7.40. The van der Waals surface area contributed by atoms with Gasteiger partial charge in [0.05, 0.1) is 0 Å². The molecule has 1 unspecified atom stereocenters. The average Bonchev–Trinajstić information content (AvgIpc) is 2.39. The molecule has 0 aromatic rings. The molecule has 0 radical (unpaired) electrons. The Kier molecular flexibility index (Phi) is 4.88. The van der Waals surface area contributed by atoms with Gasteiger partial charge in [0.25, 0.3) is 0 Å². The summed E-state index contributed by atoms with van der Waals surface area (Å²) in [5, 5.41) is 0. The van der Waals surface area contributed by atoms with E-state index in [4.69, 9.17) is 0 Å². The van der Waals surface area contributed by atoms with E-state index in [1.807, 2.05) is 0 Å². The van der Waals surface area contributed by atoms with Crippen molar-refractivity contribution in [1.82, 2.24) is 0 Å². The van der Waals surface area contributed by atoms with Gasteiger partial charge < -0.3 is 0 Å². The molecule has 1 rings (SSSR count). The molecule has 1 aliphatic rings. The molecular formula is C16H32. The van der Waals surface area contributed by atoms with E-state index in [9.17, 15) is 0 Å². The van der Waals surface area contributed by atoms with Crippen LogP contribution < -0.4 is 0 Å². The largest absolute Gasteiger partial charge is 0.0625 e. The Morgan fingerprint density at radius 2 is 1.38 bits per heavy atom. The van der Waals surface area contributed by atoms with Gasteiger partial charge in [-0.15, -0.1) is 0 Å². The predicted molar refractivity (Wildman–Crippen MR) is 73.5 cm³/mol. The molecule has 0 heteroatoms. The van der Waals surface area contributed by atoms with Crippen LogP contribution in [0.1, 0.15) is 73.6 Å². The van der Waals surface area contributed by atoms with E-state index in [2.05, 4.69) is 41.5 Å². The maximum absolute atomic E-state index is 2.44. The molecule has 1 atom stereocenters. The zero-order valence-corrected chi connectivity index (χ0v) is 12.3. The zero-order valence-electron chi connectivity index (χ0n) is 12.3. The maximum Gasteiger partial charge on any atom is -0.0251 e. The fourth-order valence-electron chi connectivity index (χ4n) is 3.90. The van der Waals surface area contributed by atoms with Crippen LogP contribution in [-0.2, 0) is 0 Å². The van der Waals surface area contributed by atoms with Crippen molar-refractivity contribution in [1.29, 1.82) is 0 Å². The van der Waals surface area contributed by atoms with Crippen LogP contribution in [-0.4, -0.2) is 0 Å². The Morgan fingerprint density at radius 3 is 1.81 bits per heavy atom. The zero-order chi connectivity index (χ0) is 12.3. The van der Waals surface area contributed by atoms with Gasteiger partial charge in [0.15, 0.2) is 0 Å². The van der Waals surface area contributed by atoms with Gasteiger partial charge in [-0.05, 0) is 48.3 Å². The van der Waals surface area contributed by atoms with Crippen LogP contribution >= 0.6 is 0 Å². The highest BCUT2D eigenvalue weighted by molar-refractivity contribution is 4.89. The third-order valence-electron chi connectivity index (χ3n) is 5.44. The van der Waals surface area contributed by atoms with E-state index in [1.165, 1.54) is 32.1 Å². The highest BCUT2D eigenvalue weighted by atomic mass is 14.4. The van der Waals surface area contributed by atoms with Gasteiger partial charge in [-0.2, -0.15) is 0 Å². The Morgan fingerprint density at radius 1 is 0.812 bits per heavy atom. The molecular weight excluding hydrogens is 192 g/mol. The van der Waals surface area contributed by atoms with Crippen molar-refractivity contribution in [2.45, 2.75) is 73.6 Å². The minimum atomic E-state index is 0.629. The first-order chi connectivity index (χ1) is 7.40. The lowest BCUT2D eigenvalue weighted by atomic mass is 9.64. The molecule has 1 saturated carbocycles. The van der Waals surface area contributed by atoms with E-state index < -0.39 is 0 Å². The summed E-state index contributed by atoms with van der Waals surface area (Å²) in [6.45, 7) is 14.6. The lowest BCUT2D eigenvalue weighted by Crippen LogP contribution is -2.32. The van der Waals surface area contributed by atoms with Crippen LogP contribution in [0.5, 0.6) is 0 Å². The Bertz CT molecular complexity index is 192. The summed E-state index contributed by atoms with van der Waals surface area (Å²) in [6.07, 6.45) is 7.32. The fourth-order valence-corrected chi connectivity index (χ4v) is 3.90. The molecule has 0 amide bonds. The Hall–Kier alpha value is 0. The van der Waals surface area contributed by atoms with Gasteiger partial charge in [-0.25, -0.2) is 0 Å². The molecule has 0 aliphatic heterocycles. The first kappa shape index (κ1) is 14.1. The molecule has 0 saturated heterocycles. The average molecular weight is 224 g/mol. The standard InChI is InChI=1S/C16H32/c1-12(2)15-8-7-10-16(11-9-15,13(3)4)14(5)6/h12-15H,7-11H2,1-6H3. The van der Waals surface area contributed by atoms with Crippen LogP contribution in [0.2, 0.25) is 0 Å².